The van der Waals surface area contributed by atoms with Gasteiger partial charge in [0.1, 0.15) is 13.1 Å². The van der Waals surface area contributed by atoms with Crippen molar-refractivity contribution in [1.82, 2.24) is 0 Å². The van der Waals surface area contributed by atoms with Crippen LogP contribution >= 0.6 is 23.9 Å². The van der Waals surface area contributed by atoms with E-state index in [2.05, 4.69) is 0 Å². The first-order valence-corrected chi connectivity index (χ1v) is 15.4. The Hall–Kier alpha value is -4.04. The van der Waals surface area contributed by atoms with Crippen LogP contribution in [0, 0.1) is 0 Å². The Kier molecular flexibility index (Phi) is 11.4. The summed E-state index contributed by atoms with van der Waals surface area (Å²) in [7, 11) is 0. The van der Waals surface area contributed by atoms with Gasteiger partial charge in [0.05, 0.1) is 35.7 Å². The van der Waals surface area contributed by atoms with E-state index in [0.29, 0.717) is 46.0 Å². The molecule has 4 aromatic rings. The van der Waals surface area contributed by atoms with Gasteiger partial charge in [-0.2, -0.15) is 26.3 Å². The number of carbonyl (C=O) groups is 2. The second-order valence-electron chi connectivity index (χ2n) is 9.50. The van der Waals surface area contributed by atoms with E-state index in [1.54, 1.807) is 38.1 Å². The highest BCUT2D eigenvalue weighted by Gasteiger charge is 2.35. The van der Waals surface area contributed by atoms with Crippen LogP contribution in [0.1, 0.15) is 25.0 Å². The molecule has 0 aromatic heterocycles. The summed E-state index contributed by atoms with van der Waals surface area (Å²) in [6.45, 7) is 2.46. The monoisotopic (exact) mass is 682 g/mol. The Morgan fingerprint density at radius 3 is 1.28 bits per heavy atom. The number of rotatable bonds is 12. The number of anilines is 2. The fourth-order valence-electron chi connectivity index (χ4n) is 4.48. The third-order valence-electron chi connectivity index (χ3n) is 6.37. The maximum absolute atomic E-state index is 13.9. The van der Waals surface area contributed by atoms with E-state index >= 15 is 0 Å². The summed E-state index contributed by atoms with van der Waals surface area (Å²) >= 11 is 1.40. The van der Waals surface area contributed by atoms with E-state index < -0.39 is 48.5 Å². The number of hydrogen-bond acceptors (Lipinski definition) is 8. The van der Waals surface area contributed by atoms with E-state index in [1.165, 1.54) is 57.1 Å². The van der Waals surface area contributed by atoms with Gasteiger partial charge in [-0.15, -0.1) is 0 Å². The molecule has 0 saturated heterocycles. The standard InChI is InChI=1S/C32H28F6N2O4S2/c1-3-43-29(41)19-39(45-27-15-9-7-13-23(27)31(33,34)35)25-17-18-26(22-12-6-5-11-21(22)25)40(20-30(42)44-4-2)46-28-16-10-8-14-24(28)32(36,37)38/h5-18H,3-4,19-20H2,1-2H3. The van der Waals surface area contributed by atoms with Gasteiger partial charge in [-0.05, 0) is 74.1 Å². The summed E-state index contributed by atoms with van der Waals surface area (Å²) in [5, 5.41) is 0.916. The lowest BCUT2D eigenvalue weighted by Crippen LogP contribution is -2.27. The molecule has 0 saturated carbocycles. The van der Waals surface area contributed by atoms with Gasteiger partial charge in [-0.1, -0.05) is 48.5 Å². The summed E-state index contributed by atoms with van der Waals surface area (Å²) in [6.07, 6.45) is -9.33. The Labute approximate surface area is 269 Å². The normalized spacial score (nSPS) is 11.7. The third kappa shape index (κ3) is 8.60. The molecule has 0 radical (unpaired) electrons. The lowest BCUT2D eigenvalue weighted by Gasteiger charge is -2.29. The largest absolute Gasteiger partial charge is 0.465 e. The zero-order valence-electron chi connectivity index (χ0n) is 24.5. The summed E-state index contributed by atoms with van der Waals surface area (Å²) in [4.78, 5) is 25.0. The quantitative estimate of drug-likeness (QED) is 0.0834. The zero-order chi connectivity index (χ0) is 33.5. The zero-order valence-corrected chi connectivity index (χ0v) is 26.2. The highest BCUT2D eigenvalue weighted by molar-refractivity contribution is 8.01. The SMILES string of the molecule is CCOC(=O)CN(Sc1ccccc1C(F)(F)F)c1ccc(N(CC(=O)OCC)Sc2ccccc2C(F)(F)F)c2ccccc12. The summed E-state index contributed by atoms with van der Waals surface area (Å²) in [6, 6.07) is 19.6. The van der Waals surface area contributed by atoms with Gasteiger partial charge < -0.3 is 18.1 Å². The average molecular weight is 683 g/mol. The number of esters is 2. The maximum atomic E-state index is 13.9. The van der Waals surface area contributed by atoms with Crippen molar-refractivity contribution in [2.75, 3.05) is 34.9 Å². The number of halogens is 6. The van der Waals surface area contributed by atoms with Crippen molar-refractivity contribution in [3.8, 4) is 0 Å². The number of carbonyl (C=O) groups excluding carboxylic acids is 2. The van der Waals surface area contributed by atoms with Crippen molar-refractivity contribution >= 4 is 58.0 Å². The number of nitrogens with zero attached hydrogens (tertiary/aromatic N) is 2. The van der Waals surface area contributed by atoms with Gasteiger partial charge >= 0.3 is 24.3 Å². The fraction of sp³-hybridized carbons (Fsp3) is 0.250. The van der Waals surface area contributed by atoms with Crippen LogP contribution in [0.2, 0.25) is 0 Å². The molecular formula is C32H28F6N2O4S2. The van der Waals surface area contributed by atoms with Gasteiger partial charge in [0.15, 0.2) is 0 Å². The number of fused-ring (bicyclic) bond motifs is 1. The topological polar surface area (TPSA) is 59.1 Å². The maximum Gasteiger partial charge on any atom is 0.417 e. The minimum Gasteiger partial charge on any atom is -0.465 e. The van der Waals surface area contributed by atoms with E-state index in [9.17, 15) is 35.9 Å². The molecule has 0 N–H and O–H groups in total. The lowest BCUT2D eigenvalue weighted by atomic mass is 10.1. The number of ether oxygens (including phenoxy) is 2. The van der Waals surface area contributed by atoms with Crippen LogP contribution in [0.4, 0.5) is 37.7 Å². The Bertz CT molecular complexity index is 1560. The third-order valence-corrected chi connectivity index (χ3v) is 8.57. The molecule has 0 aliphatic rings. The van der Waals surface area contributed by atoms with E-state index in [1.807, 2.05) is 0 Å². The minimum atomic E-state index is -4.66. The molecule has 0 heterocycles. The lowest BCUT2D eigenvalue weighted by molar-refractivity contribution is -0.142. The second-order valence-corrected chi connectivity index (χ2v) is 11.6. The molecule has 0 aliphatic carbocycles. The van der Waals surface area contributed by atoms with Crippen molar-refractivity contribution < 1.29 is 45.4 Å². The summed E-state index contributed by atoms with van der Waals surface area (Å²) < 4.78 is 96.2. The molecule has 0 spiro atoms. The smallest absolute Gasteiger partial charge is 0.417 e. The first-order valence-electron chi connectivity index (χ1n) is 13.9. The molecule has 46 heavy (non-hydrogen) atoms. The highest BCUT2D eigenvalue weighted by atomic mass is 32.2. The fourth-order valence-corrected chi connectivity index (χ4v) is 6.65. The average Bonchev–Trinajstić information content (AvgIpc) is 2.99. The van der Waals surface area contributed by atoms with Crippen molar-refractivity contribution in [3.05, 3.63) is 96.1 Å². The second kappa shape index (κ2) is 15.0. The first kappa shape index (κ1) is 34.8. The van der Waals surface area contributed by atoms with Crippen molar-refractivity contribution in [2.24, 2.45) is 0 Å². The van der Waals surface area contributed by atoms with Crippen LogP contribution in [-0.4, -0.2) is 38.2 Å². The van der Waals surface area contributed by atoms with Gasteiger partial charge in [0, 0.05) is 20.6 Å². The Morgan fingerprint density at radius 1 is 0.587 bits per heavy atom. The number of benzene rings is 4. The predicted octanol–water partition coefficient (Wildman–Crippen LogP) is 9.03. The highest BCUT2D eigenvalue weighted by Crippen LogP contribution is 2.45. The van der Waals surface area contributed by atoms with E-state index in [0.717, 1.165) is 12.1 Å². The number of hydrogen-bond donors (Lipinski definition) is 0. The molecular weight excluding hydrogens is 654 g/mol. The van der Waals surface area contributed by atoms with Crippen molar-refractivity contribution in [2.45, 2.75) is 36.0 Å². The van der Waals surface area contributed by atoms with Gasteiger partial charge in [-0.25, -0.2) is 0 Å². The molecule has 4 aromatic carbocycles. The van der Waals surface area contributed by atoms with Gasteiger partial charge in [-0.3, -0.25) is 9.59 Å². The van der Waals surface area contributed by atoms with E-state index in [-0.39, 0.29) is 23.0 Å². The number of alkyl halides is 6. The van der Waals surface area contributed by atoms with Crippen molar-refractivity contribution in [3.63, 3.8) is 0 Å². The van der Waals surface area contributed by atoms with Crippen LogP contribution in [0.25, 0.3) is 10.8 Å². The van der Waals surface area contributed by atoms with Crippen LogP contribution in [-0.2, 0) is 31.4 Å². The molecule has 0 aliphatic heterocycles. The van der Waals surface area contributed by atoms with Crippen LogP contribution in [0.15, 0.2) is 94.7 Å². The molecule has 0 bridgehead atoms. The van der Waals surface area contributed by atoms with Crippen molar-refractivity contribution in [1.29, 1.82) is 0 Å². The molecule has 0 atom stereocenters. The molecule has 0 amide bonds. The van der Waals surface area contributed by atoms with Gasteiger partial charge in [0.2, 0.25) is 0 Å². The van der Waals surface area contributed by atoms with Crippen LogP contribution in [0.3, 0.4) is 0 Å². The predicted molar refractivity (Wildman–Crippen MR) is 167 cm³/mol. The molecule has 0 unspecified atom stereocenters. The van der Waals surface area contributed by atoms with Crippen LogP contribution in [0.5, 0.6) is 0 Å². The van der Waals surface area contributed by atoms with Gasteiger partial charge in [0.25, 0.3) is 0 Å². The molecule has 0 fully saturated rings. The van der Waals surface area contributed by atoms with Crippen LogP contribution < -0.4 is 8.61 Å². The Morgan fingerprint density at radius 2 is 0.935 bits per heavy atom. The molecule has 244 valence electrons. The molecule has 4 rings (SSSR count). The summed E-state index contributed by atoms with van der Waals surface area (Å²) in [5.74, 6) is -1.37. The molecule has 6 nitrogen and oxygen atoms in total. The first-order chi connectivity index (χ1) is 21.8. The minimum absolute atomic E-state index is 0.0512. The Balaban J connectivity index is 1.85. The summed E-state index contributed by atoms with van der Waals surface area (Å²) in [5.41, 5.74) is -1.11. The molecule has 14 heteroatoms. The van der Waals surface area contributed by atoms with E-state index in [4.69, 9.17) is 9.47 Å².